The lowest BCUT2D eigenvalue weighted by Crippen LogP contribution is -2.03. The van der Waals surface area contributed by atoms with Gasteiger partial charge >= 0.3 is 0 Å². The number of anilines is 1. The second kappa shape index (κ2) is 5.75. The van der Waals surface area contributed by atoms with E-state index in [4.69, 9.17) is 11.6 Å². The molecule has 7 heteroatoms. The number of nitro benzene ring substituents is 1. The van der Waals surface area contributed by atoms with E-state index in [1.54, 1.807) is 12.1 Å². The average Bonchev–Trinajstić information content (AvgIpc) is 2.41. The maximum absolute atomic E-state index is 13.0. The highest BCUT2D eigenvalue weighted by molar-refractivity contribution is 6.32. The van der Waals surface area contributed by atoms with Gasteiger partial charge in [0.15, 0.2) is 0 Å². The molecule has 5 nitrogen and oxygen atoms in total. The lowest BCUT2D eigenvalue weighted by atomic mass is 10.2. The third-order valence-electron chi connectivity index (χ3n) is 2.65. The van der Waals surface area contributed by atoms with Gasteiger partial charge in [0.05, 0.1) is 16.0 Å². The van der Waals surface area contributed by atoms with Gasteiger partial charge in [0.25, 0.3) is 5.69 Å². The molecule has 0 bridgehead atoms. The largest absolute Gasteiger partial charge is 0.506 e. The van der Waals surface area contributed by atoms with Crippen LogP contribution in [0.2, 0.25) is 5.02 Å². The summed E-state index contributed by atoms with van der Waals surface area (Å²) in [4.78, 5) is 10.2. The molecular formula is C13H10ClFN2O3. The normalized spacial score (nSPS) is 10.3. The molecule has 0 amide bonds. The summed E-state index contributed by atoms with van der Waals surface area (Å²) in [6.45, 7) is 0.256. The first-order chi connectivity index (χ1) is 9.47. The van der Waals surface area contributed by atoms with E-state index in [1.807, 2.05) is 0 Å². The summed E-state index contributed by atoms with van der Waals surface area (Å²) in [5.41, 5.74) is 0.599. The Bertz CT molecular complexity index is 664. The molecule has 0 radical (unpaired) electrons. The molecule has 2 aromatic rings. The molecule has 0 saturated carbocycles. The van der Waals surface area contributed by atoms with Crippen molar-refractivity contribution in [1.29, 1.82) is 0 Å². The van der Waals surface area contributed by atoms with Crippen LogP contribution < -0.4 is 5.32 Å². The van der Waals surface area contributed by atoms with Crippen LogP contribution in [0.4, 0.5) is 15.8 Å². The van der Waals surface area contributed by atoms with E-state index in [1.165, 1.54) is 12.1 Å². The summed E-state index contributed by atoms with van der Waals surface area (Å²) in [5, 5.41) is 23.2. The highest BCUT2D eigenvalue weighted by Gasteiger charge is 2.14. The Hall–Kier alpha value is -2.34. The van der Waals surface area contributed by atoms with E-state index in [-0.39, 0.29) is 28.7 Å². The van der Waals surface area contributed by atoms with Crippen LogP contribution in [0.5, 0.6) is 5.75 Å². The lowest BCUT2D eigenvalue weighted by molar-refractivity contribution is -0.384. The molecule has 0 saturated heterocycles. The standard InChI is InChI=1S/C13H10ClFN2O3/c14-10-5-8(1-4-13(10)18)7-16-11-3-2-9(15)6-12(11)17(19)20/h1-6,16,18H,7H2. The molecule has 2 aromatic carbocycles. The van der Waals surface area contributed by atoms with Crippen LogP contribution >= 0.6 is 11.6 Å². The molecule has 2 N–H and O–H groups in total. The van der Waals surface area contributed by atoms with E-state index in [2.05, 4.69) is 5.32 Å². The number of nitrogens with one attached hydrogen (secondary N) is 1. The van der Waals surface area contributed by atoms with Crippen molar-refractivity contribution in [3.63, 3.8) is 0 Å². The summed E-state index contributed by atoms with van der Waals surface area (Å²) in [6.07, 6.45) is 0. The van der Waals surface area contributed by atoms with Crippen LogP contribution in [0.3, 0.4) is 0 Å². The molecule has 0 aromatic heterocycles. The van der Waals surface area contributed by atoms with Crippen molar-refractivity contribution in [1.82, 2.24) is 0 Å². The van der Waals surface area contributed by atoms with Gasteiger partial charge in [-0.25, -0.2) is 4.39 Å². The number of benzene rings is 2. The first-order valence-corrected chi connectivity index (χ1v) is 6.00. The van der Waals surface area contributed by atoms with E-state index < -0.39 is 10.7 Å². The highest BCUT2D eigenvalue weighted by atomic mass is 35.5. The van der Waals surface area contributed by atoms with Crippen molar-refractivity contribution >= 4 is 23.0 Å². The SMILES string of the molecule is O=[N+]([O-])c1cc(F)ccc1NCc1ccc(O)c(Cl)c1. The van der Waals surface area contributed by atoms with E-state index >= 15 is 0 Å². The predicted molar refractivity (Wildman–Crippen MR) is 73.5 cm³/mol. The van der Waals surface area contributed by atoms with Crippen LogP contribution in [0.25, 0.3) is 0 Å². The van der Waals surface area contributed by atoms with Gasteiger partial charge < -0.3 is 10.4 Å². The minimum absolute atomic E-state index is 0.0387. The van der Waals surface area contributed by atoms with Gasteiger partial charge in [0, 0.05) is 6.54 Å². The molecule has 0 aliphatic rings. The fourth-order valence-electron chi connectivity index (χ4n) is 1.66. The number of nitro groups is 1. The molecule has 20 heavy (non-hydrogen) atoms. The van der Waals surface area contributed by atoms with Gasteiger partial charge in [-0.15, -0.1) is 0 Å². The number of hydrogen-bond acceptors (Lipinski definition) is 4. The first kappa shape index (κ1) is 14.1. The van der Waals surface area contributed by atoms with Gasteiger partial charge in [0.1, 0.15) is 17.3 Å². The summed E-state index contributed by atoms with van der Waals surface area (Å²) in [7, 11) is 0. The third-order valence-corrected chi connectivity index (χ3v) is 2.95. The van der Waals surface area contributed by atoms with Gasteiger partial charge in [-0.3, -0.25) is 10.1 Å². The summed E-state index contributed by atoms with van der Waals surface area (Å²) in [5.74, 6) is -0.710. The number of rotatable bonds is 4. The topological polar surface area (TPSA) is 75.4 Å². The van der Waals surface area contributed by atoms with Crippen molar-refractivity contribution in [3.05, 3.63) is 62.9 Å². The number of phenolic OH excluding ortho intramolecular Hbond substituents is 1. The maximum Gasteiger partial charge on any atom is 0.295 e. The van der Waals surface area contributed by atoms with E-state index in [9.17, 15) is 19.6 Å². The van der Waals surface area contributed by atoms with Gasteiger partial charge in [-0.05, 0) is 29.8 Å². The minimum atomic E-state index is -0.671. The van der Waals surface area contributed by atoms with E-state index in [0.717, 1.165) is 17.7 Å². The number of phenols is 1. The Balaban J connectivity index is 2.18. The fourth-order valence-corrected chi connectivity index (χ4v) is 1.87. The van der Waals surface area contributed by atoms with Gasteiger partial charge in [0.2, 0.25) is 0 Å². The monoisotopic (exact) mass is 296 g/mol. The Morgan fingerprint density at radius 1 is 1.30 bits per heavy atom. The zero-order valence-electron chi connectivity index (χ0n) is 10.1. The van der Waals surface area contributed by atoms with Crippen molar-refractivity contribution in [3.8, 4) is 5.75 Å². The molecule has 2 rings (SSSR count). The molecule has 0 spiro atoms. The molecule has 0 unspecified atom stereocenters. The molecule has 104 valence electrons. The maximum atomic E-state index is 13.0. The lowest BCUT2D eigenvalue weighted by Gasteiger charge is -2.08. The number of aromatic hydroxyl groups is 1. The summed E-state index contributed by atoms with van der Waals surface area (Å²) < 4.78 is 13.0. The smallest absolute Gasteiger partial charge is 0.295 e. The van der Waals surface area contributed by atoms with Crippen LogP contribution in [0.1, 0.15) is 5.56 Å². The Morgan fingerprint density at radius 3 is 2.70 bits per heavy atom. The van der Waals surface area contributed by atoms with Crippen molar-refractivity contribution in [2.45, 2.75) is 6.54 Å². The Kier molecular flexibility index (Phi) is 4.05. The number of hydrogen-bond donors (Lipinski definition) is 2. The molecule has 0 aliphatic carbocycles. The number of nitrogens with zero attached hydrogens (tertiary/aromatic N) is 1. The number of halogens is 2. The third kappa shape index (κ3) is 3.16. The minimum Gasteiger partial charge on any atom is -0.506 e. The first-order valence-electron chi connectivity index (χ1n) is 5.62. The fraction of sp³-hybridized carbons (Fsp3) is 0.0769. The van der Waals surface area contributed by atoms with Crippen molar-refractivity contribution in [2.75, 3.05) is 5.32 Å². The van der Waals surface area contributed by atoms with Crippen LogP contribution in [-0.4, -0.2) is 10.0 Å². The molecule has 0 aliphatic heterocycles. The zero-order valence-corrected chi connectivity index (χ0v) is 10.9. The zero-order chi connectivity index (χ0) is 14.7. The second-order valence-corrected chi connectivity index (χ2v) is 4.47. The van der Waals surface area contributed by atoms with E-state index in [0.29, 0.717) is 0 Å². The Morgan fingerprint density at radius 2 is 2.05 bits per heavy atom. The average molecular weight is 297 g/mol. The van der Waals surface area contributed by atoms with Gasteiger partial charge in [-0.2, -0.15) is 0 Å². The quantitative estimate of drug-likeness (QED) is 0.666. The summed E-state index contributed by atoms with van der Waals surface area (Å²) >= 11 is 5.76. The van der Waals surface area contributed by atoms with Crippen molar-refractivity contribution < 1.29 is 14.4 Å². The summed E-state index contributed by atoms with van der Waals surface area (Å²) in [6, 6.07) is 7.89. The molecule has 0 heterocycles. The molecular weight excluding hydrogens is 287 g/mol. The second-order valence-electron chi connectivity index (χ2n) is 4.06. The highest BCUT2D eigenvalue weighted by Crippen LogP contribution is 2.27. The molecule has 0 atom stereocenters. The predicted octanol–water partition coefficient (Wildman–Crippen LogP) is 3.71. The van der Waals surface area contributed by atoms with Crippen LogP contribution in [0.15, 0.2) is 36.4 Å². The van der Waals surface area contributed by atoms with Crippen LogP contribution in [0, 0.1) is 15.9 Å². The van der Waals surface area contributed by atoms with Crippen LogP contribution in [-0.2, 0) is 6.54 Å². The van der Waals surface area contributed by atoms with Gasteiger partial charge in [-0.1, -0.05) is 17.7 Å². The van der Waals surface area contributed by atoms with Crippen molar-refractivity contribution in [2.24, 2.45) is 0 Å². The Labute approximate surface area is 118 Å². The molecule has 0 fully saturated rings.